The van der Waals surface area contributed by atoms with Crippen LogP contribution in [0.2, 0.25) is 0 Å². The van der Waals surface area contributed by atoms with Crippen molar-refractivity contribution in [3.8, 4) is 5.75 Å². The Kier molecular flexibility index (Phi) is 7.69. The second-order valence-corrected chi connectivity index (χ2v) is 8.70. The Bertz CT molecular complexity index is 550. The summed E-state index contributed by atoms with van der Waals surface area (Å²) in [5, 5.41) is 3.15. The number of ether oxygens (including phenoxy) is 1. The summed E-state index contributed by atoms with van der Waals surface area (Å²) >= 11 is 2.10. The molecule has 2 fully saturated rings. The van der Waals surface area contributed by atoms with Crippen molar-refractivity contribution in [1.82, 2.24) is 10.2 Å². The van der Waals surface area contributed by atoms with Crippen LogP contribution in [0.5, 0.6) is 5.75 Å². The quantitative estimate of drug-likeness (QED) is 0.792. The normalized spacial score (nSPS) is 20.0. The summed E-state index contributed by atoms with van der Waals surface area (Å²) in [6.07, 6.45) is 6.51. The number of carbonyl (C=O) groups excluding carboxylic acids is 1. The first kappa shape index (κ1) is 19.6. The van der Waals surface area contributed by atoms with Gasteiger partial charge in [0, 0.05) is 19.0 Å². The van der Waals surface area contributed by atoms with Crippen LogP contribution in [0.15, 0.2) is 24.3 Å². The first-order valence-electron chi connectivity index (χ1n) is 9.96. The molecule has 1 N–H and O–H groups in total. The van der Waals surface area contributed by atoms with E-state index >= 15 is 0 Å². The van der Waals surface area contributed by atoms with E-state index in [2.05, 4.69) is 22.0 Å². The van der Waals surface area contributed by atoms with Crippen LogP contribution in [-0.4, -0.2) is 55.1 Å². The van der Waals surface area contributed by atoms with Gasteiger partial charge in [0.25, 0.3) is 0 Å². The van der Waals surface area contributed by atoms with Crippen molar-refractivity contribution < 1.29 is 9.53 Å². The van der Waals surface area contributed by atoms with Gasteiger partial charge in [-0.1, -0.05) is 12.1 Å². The maximum Gasteiger partial charge on any atom is 0.220 e. The summed E-state index contributed by atoms with van der Waals surface area (Å²) in [5.74, 6) is 4.34. The van der Waals surface area contributed by atoms with Crippen molar-refractivity contribution in [2.45, 2.75) is 44.6 Å². The van der Waals surface area contributed by atoms with Crippen LogP contribution in [-0.2, 0) is 11.2 Å². The zero-order valence-electron chi connectivity index (χ0n) is 15.9. The van der Waals surface area contributed by atoms with Crippen LogP contribution < -0.4 is 10.1 Å². The molecule has 4 nitrogen and oxygen atoms in total. The van der Waals surface area contributed by atoms with Gasteiger partial charge in [0.15, 0.2) is 0 Å². The first-order valence-corrected chi connectivity index (χ1v) is 11.1. The number of amides is 1. The molecule has 1 amide bonds. The fraction of sp³-hybridized carbons (Fsp3) is 0.667. The number of piperidine rings is 1. The average Bonchev–Trinajstić information content (AvgIpc) is 2.72. The molecule has 0 aliphatic carbocycles. The van der Waals surface area contributed by atoms with Gasteiger partial charge >= 0.3 is 0 Å². The monoisotopic (exact) mass is 376 g/mol. The molecule has 1 aromatic carbocycles. The number of hydrogen-bond acceptors (Lipinski definition) is 4. The van der Waals surface area contributed by atoms with E-state index in [4.69, 9.17) is 4.74 Å². The van der Waals surface area contributed by atoms with E-state index in [0.717, 1.165) is 24.8 Å². The zero-order valence-corrected chi connectivity index (χ0v) is 16.7. The maximum absolute atomic E-state index is 12.1. The molecule has 0 radical (unpaired) electrons. The third kappa shape index (κ3) is 5.92. The summed E-state index contributed by atoms with van der Waals surface area (Å²) < 4.78 is 5.16. The fourth-order valence-electron chi connectivity index (χ4n) is 3.97. The highest BCUT2D eigenvalue weighted by Gasteiger charge is 2.26. The third-order valence-corrected chi connectivity index (χ3v) is 6.79. The molecule has 0 unspecified atom stereocenters. The predicted molar refractivity (Wildman–Crippen MR) is 109 cm³/mol. The van der Waals surface area contributed by atoms with Crippen LogP contribution in [0.3, 0.4) is 0 Å². The predicted octanol–water partition coefficient (Wildman–Crippen LogP) is 3.35. The number of carbonyl (C=O) groups is 1. The first-order chi connectivity index (χ1) is 12.7. The lowest BCUT2D eigenvalue weighted by Gasteiger charge is -2.39. The van der Waals surface area contributed by atoms with Gasteiger partial charge in [-0.25, -0.2) is 0 Å². The van der Waals surface area contributed by atoms with E-state index in [1.165, 1.54) is 55.8 Å². The fourth-order valence-corrected chi connectivity index (χ4v) is 5.05. The number of rotatable bonds is 7. The Hall–Kier alpha value is -1.20. The van der Waals surface area contributed by atoms with E-state index in [0.29, 0.717) is 12.3 Å². The molecule has 0 atom stereocenters. The lowest BCUT2D eigenvalue weighted by Crippen LogP contribution is -2.45. The molecule has 0 saturated carbocycles. The standard InChI is InChI=1S/C21H32N2O2S/c1-25-20-5-2-17(3-6-20)4-7-21(24)22-16-18-8-12-23(13-9-18)19-10-14-26-15-11-19/h2-3,5-6,18-19H,4,7-16H2,1H3,(H,22,24). The van der Waals surface area contributed by atoms with Crippen molar-refractivity contribution in [1.29, 1.82) is 0 Å². The number of likely N-dealkylation sites (tertiary alicyclic amines) is 1. The molecule has 1 aromatic rings. The Labute approximate surface area is 162 Å². The molecule has 0 bridgehead atoms. The van der Waals surface area contributed by atoms with E-state index in [1.54, 1.807) is 7.11 Å². The van der Waals surface area contributed by atoms with Crippen molar-refractivity contribution in [3.05, 3.63) is 29.8 Å². The van der Waals surface area contributed by atoms with Crippen molar-refractivity contribution in [3.63, 3.8) is 0 Å². The molecule has 3 rings (SSSR count). The second kappa shape index (κ2) is 10.2. The third-order valence-electron chi connectivity index (χ3n) is 5.74. The van der Waals surface area contributed by atoms with Gasteiger partial charge in [0.05, 0.1) is 7.11 Å². The van der Waals surface area contributed by atoms with Gasteiger partial charge < -0.3 is 15.0 Å². The minimum atomic E-state index is 0.174. The average molecular weight is 377 g/mol. The summed E-state index contributed by atoms with van der Waals surface area (Å²) in [6, 6.07) is 8.78. The maximum atomic E-state index is 12.1. The Morgan fingerprint density at radius 2 is 1.85 bits per heavy atom. The van der Waals surface area contributed by atoms with Crippen molar-refractivity contribution in [2.24, 2.45) is 5.92 Å². The topological polar surface area (TPSA) is 41.6 Å². The Morgan fingerprint density at radius 3 is 2.50 bits per heavy atom. The van der Waals surface area contributed by atoms with Crippen molar-refractivity contribution >= 4 is 17.7 Å². The van der Waals surface area contributed by atoms with Gasteiger partial charge in [0.1, 0.15) is 5.75 Å². The van der Waals surface area contributed by atoms with Gasteiger partial charge in [-0.2, -0.15) is 11.8 Å². The summed E-state index contributed by atoms with van der Waals surface area (Å²) in [7, 11) is 1.67. The molecule has 2 saturated heterocycles. The summed E-state index contributed by atoms with van der Waals surface area (Å²) in [6.45, 7) is 3.26. The zero-order chi connectivity index (χ0) is 18.2. The van der Waals surface area contributed by atoms with Crippen LogP contribution in [0.25, 0.3) is 0 Å². The molecular formula is C21H32N2O2S. The van der Waals surface area contributed by atoms with E-state index in [-0.39, 0.29) is 5.91 Å². The smallest absolute Gasteiger partial charge is 0.220 e. The summed E-state index contributed by atoms with van der Waals surface area (Å²) in [5.41, 5.74) is 1.18. The number of methoxy groups -OCH3 is 1. The van der Waals surface area contributed by atoms with Crippen LogP contribution in [0.4, 0.5) is 0 Å². The second-order valence-electron chi connectivity index (χ2n) is 7.48. The number of hydrogen-bond donors (Lipinski definition) is 1. The molecular weight excluding hydrogens is 344 g/mol. The highest BCUT2D eigenvalue weighted by atomic mass is 32.2. The number of nitrogens with one attached hydrogen (secondary N) is 1. The molecule has 144 valence electrons. The Morgan fingerprint density at radius 1 is 1.15 bits per heavy atom. The highest BCUT2D eigenvalue weighted by molar-refractivity contribution is 7.99. The molecule has 26 heavy (non-hydrogen) atoms. The van der Waals surface area contributed by atoms with Gasteiger partial charge in [-0.15, -0.1) is 0 Å². The van der Waals surface area contributed by atoms with E-state index in [1.807, 2.05) is 24.3 Å². The van der Waals surface area contributed by atoms with Crippen LogP contribution in [0, 0.1) is 5.92 Å². The molecule has 2 aliphatic rings. The number of benzene rings is 1. The highest BCUT2D eigenvalue weighted by Crippen LogP contribution is 2.26. The van der Waals surface area contributed by atoms with Crippen LogP contribution in [0.1, 0.15) is 37.7 Å². The van der Waals surface area contributed by atoms with Gasteiger partial charge in [-0.3, -0.25) is 4.79 Å². The number of aryl methyl sites for hydroxylation is 1. The van der Waals surface area contributed by atoms with Gasteiger partial charge in [0.2, 0.25) is 5.91 Å². The Balaban J connectivity index is 1.31. The molecule has 5 heteroatoms. The largest absolute Gasteiger partial charge is 0.497 e. The minimum absolute atomic E-state index is 0.174. The SMILES string of the molecule is COc1ccc(CCC(=O)NCC2CCN(C3CCSCC3)CC2)cc1. The lowest BCUT2D eigenvalue weighted by molar-refractivity contribution is -0.121. The number of nitrogens with zero attached hydrogens (tertiary/aromatic N) is 1. The van der Waals surface area contributed by atoms with E-state index < -0.39 is 0 Å². The van der Waals surface area contributed by atoms with E-state index in [9.17, 15) is 4.79 Å². The number of thioether (sulfide) groups is 1. The molecule has 0 spiro atoms. The minimum Gasteiger partial charge on any atom is -0.497 e. The molecule has 2 aliphatic heterocycles. The molecule has 2 heterocycles. The van der Waals surface area contributed by atoms with Crippen molar-refractivity contribution in [2.75, 3.05) is 38.2 Å². The lowest BCUT2D eigenvalue weighted by atomic mass is 9.94. The van der Waals surface area contributed by atoms with Gasteiger partial charge in [-0.05, 0) is 80.3 Å². The van der Waals surface area contributed by atoms with Crippen LogP contribution >= 0.6 is 11.8 Å². The molecule has 0 aromatic heterocycles. The summed E-state index contributed by atoms with van der Waals surface area (Å²) in [4.78, 5) is 14.8.